The number of hydrogen-bond acceptors (Lipinski definition) is 3. The minimum absolute atomic E-state index is 0.413. The first-order chi connectivity index (χ1) is 6.18. The smallest absolute Gasteiger partial charge is 0.0517 e. The van der Waals surface area contributed by atoms with Gasteiger partial charge in [-0.1, -0.05) is 0 Å². The van der Waals surface area contributed by atoms with E-state index in [4.69, 9.17) is 0 Å². The second-order valence-electron chi connectivity index (χ2n) is 4.68. The highest BCUT2D eigenvalue weighted by Gasteiger charge is 2.39. The third kappa shape index (κ3) is 1.73. The highest BCUT2D eigenvalue weighted by atomic mass is 16.5. The third-order valence-electron chi connectivity index (χ3n) is 3.51. The minimum Gasteiger partial charge on any atom is -0.314 e. The van der Waals surface area contributed by atoms with Crippen LogP contribution in [0, 0.1) is 5.92 Å². The summed E-state index contributed by atoms with van der Waals surface area (Å²) >= 11 is 0. The van der Waals surface area contributed by atoms with Gasteiger partial charge in [-0.2, -0.15) is 5.06 Å². The fraction of sp³-hybridized carbons (Fsp3) is 1.00. The summed E-state index contributed by atoms with van der Waals surface area (Å²) in [7, 11) is 0. The minimum atomic E-state index is 0.413. The van der Waals surface area contributed by atoms with Crippen molar-refractivity contribution in [1.82, 2.24) is 9.96 Å². The Kier molecular flexibility index (Phi) is 2.58. The largest absolute Gasteiger partial charge is 0.314 e. The average Bonchev–Trinajstić information content (AvgIpc) is 2.49. The Morgan fingerprint density at radius 1 is 1.31 bits per heavy atom. The van der Waals surface area contributed by atoms with Crippen LogP contribution in [-0.4, -0.2) is 46.9 Å². The Labute approximate surface area is 80.3 Å². The van der Waals surface area contributed by atoms with Gasteiger partial charge in [-0.25, -0.2) is 0 Å². The SMILES string of the molecule is CC(C)N1CC2CCCN(O)C2C1. The van der Waals surface area contributed by atoms with Gasteiger partial charge in [0.05, 0.1) is 6.04 Å². The lowest BCUT2D eigenvalue weighted by molar-refractivity contribution is -0.148. The number of rotatable bonds is 1. The van der Waals surface area contributed by atoms with Gasteiger partial charge in [-0.3, -0.25) is 4.90 Å². The first-order valence-electron chi connectivity index (χ1n) is 5.38. The standard InChI is InChI=1S/C10H20N2O/c1-8(2)11-6-9-4-3-5-12(13)10(9)7-11/h8-10,13H,3-7H2,1-2H3. The van der Waals surface area contributed by atoms with Crippen molar-refractivity contribution in [2.45, 2.75) is 38.8 Å². The topological polar surface area (TPSA) is 26.7 Å². The Morgan fingerprint density at radius 3 is 2.69 bits per heavy atom. The van der Waals surface area contributed by atoms with E-state index >= 15 is 0 Å². The lowest BCUT2D eigenvalue weighted by atomic mass is 9.94. The molecule has 0 aromatic rings. The van der Waals surface area contributed by atoms with E-state index in [1.165, 1.54) is 13.0 Å². The lowest BCUT2D eigenvalue weighted by Crippen LogP contribution is -2.43. The van der Waals surface area contributed by atoms with Crippen molar-refractivity contribution < 1.29 is 5.21 Å². The molecular formula is C10H20N2O. The van der Waals surface area contributed by atoms with E-state index in [9.17, 15) is 5.21 Å². The summed E-state index contributed by atoms with van der Waals surface area (Å²) in [5.41, 5.74) is 0. The molecule has 0 bridgehead atoms. The van der Waals surface area contributed by atoms with Crippen molar-refractivity contribution in [3.05, 3.63) is 0 Å². The number of nitrogens with zero attached hydrogens (tertiary/aromatic N) is 2. The average molecular weight is 184 g/mol. The molecule has 2 unspecified atom stereocenters. The van der Waals surface area contributed by atoms with Crippen molar-refractivity contribution in [2.75, 3.05) is 19.6 Å². The molecule has 2 aliphatic heterocycles. The van der Waals surface area contributed by atoms with Crippen LogP contribution in [0.5, 0.6) is 0 Å². The van der Waals surface area contributed by atoms with Gasteiger partial charge in [-0.15, -0.1) is 0 Å². The predicted molar refractivity (Wildman–Crippen MR) is 51.7 cm³/mol. The summed E-state index contributed by atoms with van der Waals surface area (Å²) in [6, 6.07) is 1.04. The molecule has 2 rings (SSSR count). The maximum absolute atomic E-state index is 9.69. The van der Waals surface area contributed by atoms with Crippen molar-refractivity contribution in [3.8, 4) is 0 Å². The van der Waals surface area contributed by atoms with Crippen LogP contribution in [0.2, 0.25) is 0 Å². The summed E-state index contributed by atoms with van der Waals surface area (Å²) in [5.74, 6) is 0.709. The van der Waals surface area contributed by atoms with Gasteiger partial charge in [0.25, 0.3) is 0 Å². The normalized spacial score (nSPS) is 36.9. The molecule has 76 valence electrons. The van der Waals surface area contributed by atoms with Crippen LogP contribution >= 0.6 is 0 Å². The third-order valence-corrected chi connectivity index (χ3v) is 3.51. The van der Waals surface area contributed by atoms with Crippen molar-refractivity contribution >= 4 is 0 Å². The van der Waals surface area contributed by atoms with Gasteiger partial charge < -0.3 is 5.21 Å². The summed E-state index contributed by atoms with van der Waals surface area (Å²) in [6.45, 7) is 7.57. The predicted octanol–water partition coefficient (Wildman–Crippen LogP) is 1.18. The number of piperidine rings is 1. The fourth-order valence-electron chi connectivity index (χ4n) is 2.61. The van der Waals surface area contributed by atoms with Gasteiger partial charge in [0.15, 0.2) is 0 Å². The maximum Gasteiger partial charge on any atom is 0.0517 e. The molecule has 2 fully saturated rings. The maximum atomic E-state index is 9.69. The second-order valence-corrected chi connectivity index (χ2v) is 4.68. The summed E-state index contributed by atoms with van der Waals surface area (Å²) < 4.78 is 0. The number of likely N-dealkylation sites (tertiary alicyclic amines) is 1. The van der Waals surface area contributed by atoms with E-state index in [0.717, 1.165) is 19.5 Å². The van der Waals surface area contributed by atoms with Crippen LogP contribution in [0.1, 0.15) is 26.7 Å². The van der Waals surface area contributed by atoms with E-state index in [2.05, 4.69) is 18.7 Å². The molecule has 13 heavy (non-hydrogen) atoms. The van der Waals surface area contributed by atoms with E-state index in [0.29, 0.717) is 18.0 Å². The van der Waals surface area contributed by atoms with Crippen LogP contribution in [0.4, 0.5) is 0 Å². The van der Waals surface area contributed by atoms with Gasteiger partial charge in [0, 0.05) is 25.7 Å². The van der Waals surface area contributed by atoms with E-state index < -0.39 is 0 Å². The fourth-order valence-corrected chi connectivity index (χ4v) is 2.61. The number of fused-ring (bicyclic) bond motifs is 1. The van der Waals surface area contributed by atoms with E-state index in [1.54, 1.807) is 5.06 Å². The summed E-state index contributed by atoms with van der Waals surface area (Å²) in [5, 5.41) is 11.3. The van der Waals surface area contributed by atoms with Crippen LogP contribution in [0.25, 0.3) is 0 Å². The molecule has 0 aromatic carbocycles. The van der Waals surface area contributed by atoms with Crippen LogP contribution in [0.15, 0.2) is 0 Å². The Hall–Kier alpha value is -0.120. The molecule has 3 nitrogen and oxygen atoms in total. The van der Waals surface area contributed by atoms with Crippen LogP contribution < -0.4 is 0 Å². The molecule has 0 amide bonds. The Morgan fingerprint density at radius 2 is 2.08 bits per heavy atom. The molecule has 2 aliphatic rings. The zero-order chi connectivity index (χ0) is 9.42. The molecule has 0 saturated carbocycles. The summed E-state index contributed by atoms with van der Waals surface area (Å²) in [6.07, 6.45) is 2.45. The van der Waals surface area contributed by atoms with Crippen LogP contribution in [0.3, 0.4) is 0 Å². The van der Waals surface area contributed by atoms with Gasteiger partial charge in [0.2, 0.25) is 0 Å². The van der Waals surface area contributed by atoms with Gasteiger partial charge in [-0.05, 0) is 32.6 Å². The zero-order valence-corrected chi connectivity index (χ0v) is 8.61. The highest BCUT2D eigenvalue weighted by Crippen LogP contribution is 2.30. The molecule has 2 heterocycles. The Balaban J connectivity index is 2.00. The summed E-state index contributed by atoms with van der Waals surface area (Å²) in [4.78, 5) is 2.48. The van der Waals surface area contributed by atoms with Gasteiger partial charge in [0.1, 0.15) is 0 Å². The van der Waals surface area contributed by atoms with Crippen molar-refractivity contribution in [1.29, 1.82) is 0 Å². The molecule has 3 heteroatoms. The van der Waals surface area contributed by atoms with Crippen LogP contribution in [-0.2, 0) is 0 Å². The zero-order valence-electron chi connectivity index (χ0n) is 8.61. The number of hydroxylamine groups is 2. The number of hydrogen-bond donors (Lipinski definition) is 1. The second kappa shape index (κ2) is 3.56. The van der Waals surface area contributed by atoms with E-state index in [1.807, 2.05) is 0 Å². The first kappa shape index (κ1) is 9.44. The van der Waals surface area contributed by atoms with Crippen molar-refractivity contribution in [3.63, 3.8) is 0 Å². The Bertz CT molecular complexity index is 184. The quantitative estimate of drug-likeness (QED) is 0.663. The molecule has 0 aliphatic carbocycles. The lowest BCUT2D eigenvalue weighted by Gasteiger charge is -2.31. The molecular weight excluding hydrogens is 164 g/mol. The molecule has 0 radical (unpaired) electrons. The molecule has 0 spiro atoms. The highest BCUT2D eigenvalue weighted by molar-refractivity contribution is 4.92. The molecule has 1 N–H and O–H groups in total. The van der Waals surface area contributed by atoms with Crippen molar-refractivity contribution in [2.24, 2.45) is 5.92 Å². The monoisotopic (exact) mass is 184 g/mol. The molecule has 2 atom stereocenters. The van der Waals surface area contributed by atoms with Gasteiger partial charge >= 0.3 is 0 Å². The molecule has 0 aromatic heterocycles. The first-order valence-corrected chi connectivity index (χ1v) is 5.38. The molecule has 2 saturated heterocycles. The van der Waals surface area contributed by atoms with E-state index in [-0.39, 0.29) is 0 Å².